The van der Waals surface area contributed by atoms with E-state index in [1.54, 1.807) is 40.7 Å². The minimum Gasteiger partial charge on any atom is -0.464 e. The van der Waals surface area contributed by atoms with Crippen LogP contribution < -0.4 is 10.8 Å². The number of esters is 2. The third kappa shape index (κ3) is 7.03. The Balaban J connectivity index is 2.86. The summed E-state index contributed by atoms with van der Waals surface area (Å²) in [7, 11) is 0. The molecule has 0 radical (unpaired) electrons. The van der Waals surface area contributed by atoms with Crippen molar-refractivity contribution in [1.29, 1.82) is 0 Å². The maximum atomic E-state index is 12.6. The van der Waals surface area contributed by atoms with E-state index >= 15 is 0 Å². The van der Waals surface area contributed by atoms with E-state index in [4.69, 9.17) is 14.3 Å². The smallest absolute Gasteiger partial charge is 0.345 e. The molecule has 8 nitrogen and oxygen atoms in total. The third-order valence-electron chi connectivity index (χ3n) is 4.50. The van der Waals surface area contributed by atoms with Crippen molar-refractivity contribution in [1.82, 2.24) is 10.8 Å². The predicted molar refractivity (Wildman–Crippen MR) is 108 cm³/mol. The maximum absolute atomic E-state index is 12.6. The van der Waals surface area contributed by atoms with Gasteiger partial charge in [-0.15, -0.1) is 0 Å². The first-order valence-electron chi connectivity index (χ1n) is 10.2. The third-order valence-corrected chi connectivity index (χ3v) is 4.50. The quantitative estimate of drug-likeness (QED) is 0.561. The average molecular weight is 413 g/mol. The number of hydroxylamine groups is 1. The Hall–Kier alpha value is -2.09. The fraction of sp³-hybridized carbons (Fsp3) is 0.762. The van der Waals surface area contributed by atoms with Crippen LogP contribution in [0.2, 0.25) is 0 Å². The summed E-state index contributed by atoms with van der Waals surface area (Å²) < 4.78 is 10.5. The molecule has 1 aliphatic heterocycles. The molecule has 2 N–H and O–H groups in total. The van der Waals surface area contributed by atoms with Crippen LogP contribution in [0.1, 0.15) is 68.2 Å². The highest BCUT2D eigenvalue weighted by Crippen LogP contribution is 2.28. The van der Waals surface area contributed by atoms with Gasteiger partial charge < -0.3 is 14.8 Å². The van der Waals surface area contributed by atoms with E-state index in [2.05, 4.69) is 10.8 Å². The summed E-state index contributed by atoms with van der Waals surface area (Å²) in [5.74, 6) is -1.72. The Morgan fingerprint density at radius 2 is 1.83 bits per heavy atom. The summed E-state index contributed by atoms with van der Waals surface area (Å²) in [5.41, 5.74) is 1.56. The summed E-state index contributed by atoms with van der Waals surface area (Å²) >= 11 is 0. The van der Waals surface area contributed by atoms with Gasteiger partial charge in [-0.25, -0.2) is 4.79 Å². The van der Waals surface area contributed by atoms with Crippen LogP contribution in [-0.2, 0) is 28.7 Å². The lowest BCUT2D eigenvalue weighted by atomic mass is 9.94. The summed E-state index contributed by atoms with van der Waals surface area (Å²) in [6, 6.07) is -0.406. The Kier molecular flexibility index (Phi) is 8.68. The molecule has 0 aromatic heterocycles. The molecule has 0 bridgehead atoms. The number of nitrogens with one attached hydrogen (secondary N) is 2. The normalized spacial score (nSPS) is 21.1. The van der Waals surface area contributed by atoms with Gasteiger partial charge in [0.1, 0.15) is 5.60 Å². The van der Waals surface area contributed by atoms with Crippen LogP contribution in [0.25, 0.3) is 0 Å². The van der Waals surface area contributed by atoms with E-state index < -0.39 is 35.1 Å². The van der Waals surface area contributed by atoms with Gasteiger partial charge in [-0.3, -0.25) is 19.9 Å². The fourth-order valence-electron chi connectivity index (χ4n) is 2.89. The van der Waals surface area contributed by atoms with Crippen molar-refractivity contribution in [2.45, 2.75) is 85.5 Å². The lowest BCUT2D eigenvalue weighted by Crippen LogP contribution is -2.43. The first-order chi connectivity index (χ1) is 13.3. The SMILES string of the molecule is CCOC(=O)C1(CC)C=C([C@@H](NC(=O)CC(C)C(=O)OC(C)(C)C)C(C)C)NO1. The molecule has 1 aliphatic rings. The molecule has 2 unspecified atom stereocenters. The van der Waals surface area contributed by atoms with Crippen molar-refractivity contribution in [3.8, 4) is 0 Å². The zero-order valence-electron chi connectivity index (χ0n) is 18.9. The van der Waals surface area contributed by atoms with Gasteiger partial charge in [-0.05, 0) is 46.1 Å². The molecule has 0 spiro atoms. The molecule has 0 saturated heterocycles. The number of rotatable bonds is 9. The Morgan fingerprint density at radius 3 is 2.31 bits per heavy atom. The first-order valence-corrected chi connectivity index (χ1v) is 10.2. The number of hydrogen-bond acceptors (Lipinski definition) is 7. The number of amides is 1. The van der Waals surface area contributed by atoms with Crippen molar-refractivity contribution in [3.05, 3.63) is 11.8 Å². The second-order valence-electron chi connectivity index (χ2n) is 8.70. The minimum atomic E-state index is -1.22. The molecule has 1 amide bonds. The van der Waals surface area contributed by atoms with Crippen molar-refractivity contribution < 1.29 is 28.7 Å². The topological polar surface area (TPSA) is 103 Å². The molecule has 0 saturated carbocycles. The van der Waals surface area contributed by atoms with E-state index in [0.717, 1.165) is 0 Å². The van der Waals surface area contributed by atoms with Gasteiger partial charge in [0, 0.05) is 6.42 Å². The van der Waals surface area contributed by atoms with E-state index in [-0.39, 0.29) is 24.9 Å². The lowest BCUT2D eigenvalue weighted by Gasteiger charge is -2.25. The number of carbonyl (C=O) groups is 3. The number of carbonyl (C=O) groups excluding carboxylic acids is 3. The van der Waals surface area contributed by atoms with Gasteiger partial charge in [0.15, 0.2) is 0 Å². The first kappa shape index (κ1) is 24.9. The average Bonchev–Trinajstić information content (AvgIpc) is 3.03. The lowest BCUT2D eigenvalue weighted by molar-refractivity contribution is -0.169. The Labute approximate surface area is 173 Å². The largest absolute Gasteiger partial charge is 0.464 e. The molecule has 0 aromatic rings. The summed E-state index contributed by atoms with van der Waals surface area (Å²) in [6.45, 7) is 14.7. The number of hydrogen-bond donors (Lipinski definition) is 2. The molecular formula is C21H36N2O6. The van der Waals surface area contributed by atoms with Crippen molar-refractivity contribution in [2.24, 2.45) is 11.8 Å². The molecule has 0 fully saturated rings. The standard InChI is InChI=1S/C21H36N2O6/c1-9-21(19(26)27-10-2)12-15(23-29-21)17(13(3)4)22-16(24)11-14(5)18(25)28-20(6,7)8/h12-14,17,23H,9-11H2,1-8H3,(H,22,24)/t14?,17-,21?/m0/s1. The predicted octanol–water partition coefficient (Wildman–Crippen LogP) is 2.63. The maximum Gasteiger partial charge on any atom is 0.345 e. The second kappa shape index (κ2) is 10.1. The molecule has 166 valence electrons. The molecule has 3 atom stereocenters. The van der Waals surface area contributed by atoms with E-state index in [1.807, 2.05) is 20.8 Å². The van der Waals surface area contributed by atoms with Crippen LogP contribution in [-0.4, -0.2) is 41.7 Å². The van der Waals surface area contributed by atoms with Crippen LogP contribution in [0, 0.1) is 11.8 Å². The van der Waals surface area contributed by atoms with Crippen molar-refractivity contribution >= 4 is 17.8 Å². The van der Waals surface area contributed by atoms with Gasteiger partial charge in [0.2, 0.25) is 11.5 Å². The van der Waals surface area contributed by atoms with Gasteiger partial charge in [0.05, 0.1) is 24.3 Å². The van der Waals surface area contributed by atoms with Crippen molar-refractivity contribution in [2.75, 3.05) is 6.61 Å². The van der Waals surface area contributed by atoms with Crippen LogP contribution >= 0.6 is 0 Å². The van der Waals surface area contributed by atoms with Crippen molar-refractivity contribution in [3.63, 3.8) is 0 Å². The second-order valence-corrected chi connectivity index (χ2v) is 8.70. The highest BCUT2D eigenvalue weighted by atomic mass is 16.7. The van der Waals surface area contributed by atoms with Gasteiger partial charge in [0.25, 0.3) is 0 Å². The van der Waals surface area contributed by atoms with Gasteiger partial charge >= 0.3 is 11.9 Å². The van der Waals surface area contributed by atoms with Crippen LogP contribution in [0.5, 0.6) is 0 Å². The fourth-order valence-corrected chi connectivity index (χ4v) is 2.89. The van der Waals surface area contributed by atoms with Crippen LogP contribution in [0.15, 0.2) is 11.8 Å². The molecular weight excluding hydrogens is 376 g/mol. The Morgan fingerprint density at radius 1 is 1.21 bits per heavy atom. The molecule has 1 heterocycles. The monoisotopic (exact) mass is 412 g/mol. The summed E-state index contributed by atoms with van der Waals surface area (Å²) in [5, 5.41) is 2.93. The zero-order valence-corrected chi connectivity index (χ0v) is 18.9. The summed E-state index contributed by atoms with van der Waals surface area (Å²) in [6.07, 6.45) is 2.06. The molecule has 1 rings (SSSR count). The molecule has 8 heteroatoms. The van der Waals surface area contributed by atoms with Crippen LogP contribution in [0.3, 0.4) is 0 Å². The molecule has 0 aliphatic carbocycles. The Bertz CT molecular complexity index is 638. The summed E-state index contributed by atoms with van der Waals surface area (Å²) in [4.78, 5) is 42.6. The van der Waals surface area contributed by atoms with Gasteiger partial charge in [-0.1, -0.05) is 27.7 Å². The van der Waals surface area contributed by atoms with E-state index in [0.29, 0.717) is 12.1 Å². The minimum absolute atomic E-state index is 0.00304. The number of ether oxygens (including phenoxy) is 2. The van der Waals surface area contributed by atoms with Crippen LogP contribution in [0.4, 0.5) is 0 Å². The molecule has 0 aromatic carbocycles. The highest BCUT2D eigenvalue weighted by molar-refractivity contribution is 5.84. The van der Waals surface area contributed by atoms with Gasteiger partial charge in [-0.2, -0.15) is 0 Å². The molecule has 29 heavy (non-hydrogen) atoms. The highest BCUT2D eigenvalue weighted by Gasteiger charge is 2.44. The van der Waals surface area contributed by atoms with E-state index in [1.165, 1.54) is 0 Å². The zero-order chi connectivity index (χ0) is 22.4. The van der Waals surface area contributed by atoms with E-state index in [9.17, 15) is 14.4 Å².